The molecule has 1 aliphatic rings. The second kappa shape index (κ2) is 7.28. The van der Waals surface area contributed by atoms with E-state index in [-0.39, 0.29) is 37.8 Å². The molecular weight excluding hydrogens is 383 g/mol. The van der Waals surface area contributed by atoms with Crippen molar-refractivity contribution in [2.75, 3.05) is 26.2 Å². The minimum atomic E-state index is -4.35. The van der Waals surface area contributed by atoms with Gasteiger partial charge in [-0.25, -0.2) is 26.6 Å². The molecule has 2 heterocycles. The summed E-state index contributed by atoms with van der Waals surface area (Å²) in [4.78, 5) is 17.1. The predicted molar refractivity (Wildman–Crippen MR) is 90.0 cm³/mol. The Morgan fingerprint density at radius 1 is 1.00 bits per heavy atom. The Balaban J connectivity index is 1.75. The third-order valence-electron chi connectivity index (χ3n) is 4.25. The number of amides is 1. The summed E-state index contributed by atoms with van der Waals surface area (Å²) in [5, 5.41) is 0. The number of nitrogens with zero attached hydrogens (tertiary/aromatic N) is 3. The van der Waals surface area contributed by atoms with E-state index in [4.69, 9.17) is 0 Å². The van der Waals surface area contributed by atoms with E-state index in [0.717, 1.165) is 4.31 Å². The Morgan fingerprint density at radius 3 is 2.30 bits per heavy atom. The fraction of sp³-hybridized carbons (Fsp3) is 0.294. The molecule has 0 atom stereocenters. The van der Waals surface area contributed by atoms with Crippen LogP contribution in [0.4, 0.5) is 13.2 Å². The highest BCUT2D eigenvalue weighted by Gasteiger charge is 2.33. The van der Waals surface area contributed by atoms with Crippen molar-refractivity contribution in [1.29, 1.82) is 0 Å². The number of aromatic nitrogens is 1. The van der Waals surface area contributed by atoms with E-state index in [2.05, 4.69) is 4.98 Å². The molecule has 0 bridgehead atoms. The van der Waals surface area contributed by atoms with E-state index >= 15 is 0 Å². The van der Waals surface area contributed by atoms with Crippen molar-refractivity contribution >= 4 is 15.9 Å². The number of halogens is 3. The number of rotatable bonds is 3. The van der Waals surface area contributed by atoms with Gasteiger partial charge in [-0.05, 0) is 31.2 Å². The minimum Gasteiger partial charge on any atom is -0.335 e. The fourth-order valence-corrected chi connectivity index (χ4v) is 4.28. The maximum Gasteiger partial charge on any atom is 0.272 e. The summed E-state index contributed by atoms with van der Waals surface area (Å²) in [5.74, 6) is -5.39. The zero-order valence-electron chi connectivity index (χ0n) is 14.3. The van der Waals surface area contributed by atoms with Gasteiger partial charge in [0.25, 0.3) is 5.91 Å². The van der Waals surface area contributed by atoms with Crippen molar-refractivity contribution < 1.29 is 26.4 Å². The van der Waals surface area contributed by atoms with Crippen LogP contribution in [0.5, 0.6) is 0 Å². The Bertz CT molecular complexity index is 990. The monoisotopic (exact) mass is 399 g/mol. The number of carbonyl (C=O) groups excluding carboxylic acids is 1. The van der Waals surface area contributed by atoms with Gasteiger partial charge >= 0.3 is 0 Å². The van der Waals surface area contributed by atoms with Gasteiger partial charge in [-0.1, -0.05) is 6.07 Å². The van der Waals surface area contributed by atoms with Gasteiger partial charge in [-0.2, -0.15) is 4.31 Å². The lowest BCUT2D eigenvalue weighted by Crippen LogP contribution is -2.50. The zero-order valence-corrected chi connectivity index (χ0v) is 15.1. The molecule has 3 rings (SSSR count). The summed E-state index contributed by atoms with van der Waals surface area (Å²) in [5.41, 5.74) is 0.925. The Morgan fingerprint density at radius 2 is 1.67 bits per heavy atom. The third kappa shape index (κ3) is 3.67. The second-order valence-electron chi connectivity index (χ2n) is 6.03. The lowest BCUT2D eigenvalue weighted by molar-refractivity contribution is 0.0691. The van der Waals surface area contributed by atoms with Gasteiger partial charge < -0.3 is 4.90 Å². The zero-order chi connectivity index (χ0) is 19.8. The predicted octanol–water partition coefficient (Wildman–Crippen LogP) is 1.95. The van der Waals surface area contributed by atoms with Gasteiger partial charge in [0, 0.05) is 31.9 Å². The molecule has 0 unspecified atom stereocenters. The Kier molecular flexibility index (Phi) is 5.20. The van der Waals surface area contributed by atoms with Crippen LogP contribution in [-0.2, 0) is 10.0 Å². The first kappa shape index (κ1) is 19.3. The average Bonchev–Trinajstić information content (AvgIpc) is 2.65. The maximum atomic E-state index is 13.9. The first-order chi connectivity index (χ1) is 12.7. The van der Waals surface area contributed by atoms with Crippen molar-refractivity contribution in [2.45, 2.75) is 11.8 Å². The number of piperazine rings is 1. The molecular formula is C17H16F3N3O3S. The van der Waals surface area contributed by atoms with E-state index in [9.17, 15) is 26.4 Å². The lowest BCUT2D eigenvalue weighted by atomic mass is 10.2. The van der Waals surface area contributed by atoms with Gasteiger partial charge in [-0.3, -0.25) is 4.79 Å². The van der Waals surface area contributed by atoms with E-state index in [0.29, 0.717) is 17.8 Å². The highest BCUT2D eigenvalue weighted by atomic mass is 32.2. The maximum absolute atomic E-state index is 13.9. The second-order valence-corrected chi connectivity index (χ2v) is 7.94. The fourth-order valence-electron chi connectivity index (χ4n) is 2.80. The van der Waals surface area contributed by atoms with Crippen LogP contribution >= 0.6 is 0 Å². The normalized spacial score (nSPS) is 15.8. The Hall–Kier alpha value is -2.46. The summed E-state index contributed by atoms with van der Waals surface area (Å²) in [7, 11) is -4.35. The molecule has 1 aliphatic heterocycles. The van der Waals surface area contributed by atoms with Crippen LogP contribution in [-0.4, -0.2) is 54.7 Å². The van der Waals surface area contributed by atoms with Crippen molar-refractivity contribution in [3.8, 4) is 0 Å². The van der Waals surface area contributed by atoms with Crippen LogP contribution < -0.4 is 0 Å². The molecule has 0 N–H and O–H groups in total. The van der Waals surface area contributed by atoms with E-state index in [1.165, 1.54) is 4.90 Å². The molecule has 144 valence electrons. The molecule has 1 aromatic heterocycles. The summed E-state index contributed by atoms with van der Waals surface area (Å²) in [6.45, 7) is 1.69. The van der Waals surface area contributed by atoms with Gasteiger partial charge in [0.05, 0.1) is 0 Å². The molecule has 2 aromatic rings. The molecule has 0 spiro atoms. The highest BCUT2D eigenvalue weighted by Crippen LogP contribution is 2.24. The van der Waals surface area contributed by atoms with Gasteiger partial charge in [0.1, 0.15) is 10.6 Å². The molecule has 1 saturated heterocycles. The number of hydrogen-bond acceptors (Lipinski definition) is 4. The summed E-state index contributed by atoms with van der Waals surface area (Å²) >= 11 is 0. The van der Waals surface area contributed by atoms with Gasteiger partial charge in [-0.15, -0.1) is 0 Å². The lowest BCUT2D eigenvalue weighted by Gasteiger charge is -2.33. The number of pyridine rings is 1. The first-order valence-corrected chi connectivity index (χ1v) is 9.52. The summed E-state index contributed by atoms with van der Waals surface area (Å²) in [6, 6.07) is 6.26. The quantitative estimate of drug-likeness (QED) is 0.740. The Labute approximate surface area is 154 Å². The number of hydrogen-bond donors (Lipinski definition) is 0. The molecule has 1 aromatic carbocycles. The summed E-state index contributed by atoms with van der Waals surface area (Å²) in [6.07, 6.45) is 0. The largest absolute Gasteiger partial charge is 0.335 e. The third-order valence-corrected chi connectivity index (χ3v) is 6.17. The standard InChI is InChI=1S/C17H16F3N3O3S/c1-11-3-2-4-13(21-11)17(24)22-7-9-23(10-8-22)27(25,26)14-6-5-12(18)15(19)16(14)20/h2-6H,7-10H2,1H3. The molecule has 1 amide bonds. The van der Waals surface area contributed by atoms with Gasteiger partial charge in [0.2, 0.25) is 10.0 Å². The van der Waals surface area contributed by atoms with E-state index < -0.39 is 32.4 Å². The van der Waals surface area contributed by atoms with Crippen LogP contribution in [0.15, 0.2) is 35.2 Å². The first-order valence-electron chi connectivity index (χ1n) is 8.08. The van der Waals surface area contributed by atoms with Crippen LogP contribution in [0.3, 0.4) is 0 Å². The summed E-state index contributed by atoms with van der Waals surface area (Å²) < 4.78 is 66.3. The number of carbonyl (C=O) groups is 1. The van der Waals surface area contributed by atoms with Crippen LogP contribution in [0, 0.1) is 24.4 Å². The topological polar surface area (TPSA) is 70.6 Å². The number of sulfonamides is 1. The average molecular weight is 399 g/mol. The van der Waals surface area contributed by atoms with Crippen LogP contribution in [0.2, 0.25) is 0 Å². The highest BCUT2D eigenvalue weighted by molar-refractivity contribution is 7.89. The molecule has 0 saturated carbocycles. The molecule has 6 nitrogen and oxygen atoms in total. The minimum absolute atomic E-state index is 0.0684. The van der Waals surface area contributed by atoms with E-state index in [1.807, 2.05) is 0 Å². The number of benzene rings is 1. The van der Waals surface area contributed by atoms with Crippen molar-refractivity contribution in [3.63, 3.8) is 0 Å². The van der Waals surface area contributed by atoms with Crippen LogP contribution in [0.1, 0.15) is 16.2 Å². The smallest absolute Gasteiger partial charge is 0.272 e. The van der Waals surface area contributed by atoms with E-state index in [1.54, 1.807) is 25.1 Å². The van der Waals surface area contributed by atoms with Crippen LogP contribution in [0.25, 0.3) is 0 Å². The van der Waals surface area contributed by atoms with Gasteiger partial charge in [0.15, 0.2) is 17.5 Å². The molecule has 1 fully saturated rings. The molecule has 10 heteroatoms. The molecule has 0 aliphatic carbocycles. The SMILES string of the molecule is Cc1cccc(C(=O)N2CCN(S(=O)(=O)c3ccc(F)c(F)c3F)CC2)n1. The van der Waals surface area contributed by atoms with Crippen molar-refractivity contribution in [1.82, 2.24) is 14.2 Å². The van der Waals surface area contributed by atoms with Crippen molar-refractivity contribution in [2.24, 2.45) is 0 Å². The van der Waals surface area contributed by atoms with Crippen molar-refractivity contribution in [3.05, 3.63) is 59.2 Å². The molecule has 27 heavy (non-hydrogen) atoms. The number of aryl methyl sites for hydroxylation is 1. The molecule has 0 radical (unpaired) electrons.